The number of hydrogen-bond donors (Lipinski definition) is 0. The second-order valence-electron chi connectivity index (χ2n) is 5.70. The van der Waals surface area contributed by atoms with Crippen LogP contribution in [0.4, 0.5) is 0 Å². The van der Waals surface area contributed by atoms with Gasteiger partial charge in [-0.05, 0) is 12.1 Å². The molecule has 0 unspecified atom stereocenters. The number of benzene rings is 3. The van der Waals surface area contributed by atoms with Gasteiger partial charge in [0.2, 0.25) is 5.78 Å². The maximum Gasteiger partial charge on any atom is 0.228 e. The molecule has 0 N–H and O–H groups in total. The van der Waals surface area contributed by atoms with E-state index in [0.29, 0.717) is 11.4 Å². The van der Waals surface area contributed by atoms with Gasteiger partial charge in [0.15, 0.2) is 5.82 Å². The summed E-state index contributed by atoms with van der Waals surface area (Å²) in [6, 6.07) is 29.1. The normalized spacial score (nSPS) is 10.6. The predicted molar refractivity (Wildman–Crippen MR) is 98.9 cm³/mol. The second kappa shape index (κ2) is 6.57. The first kappa shape index (κ1) is 15.1. The molecule has 0 atom stereocenters. The SMILES string of the molecule is O=C(c1ccccc1)c1ncc(-c2ccccc2)n1-c1ccccc1. The number of ketones is 1. The largest absolute Gasteiger partial charge is 0.290 e. The molecule has 120 valence electrons. The van der Waals surface area contributed by atoms with Gasteiger partial charge in [0.05, 0.1) is 11.9 Å². The Morgan fingerprint density at radius 1 is 0.720 bits per heavy atom. The van der Waals surface area contributed by atoms with Crippen LogP contribution in [0.15, 0.2) is 97.2 Å². The number of carbonyl (C=O) groups is 1. The van der Waals surface area contributed by atoms with Crippen LogP contribution in [0.3, 0.4) is 0 Å². The Hall–Kier alpha value is -3.46. The summed E-state index contributed by atoms with van der Waals surface area (Å²) in [7, 11) is 0. The molecule has 25 heavy (non-hydrogen) atoms. The molecule has 0 saturated carbocycles. The second-order valence-corrected chi connectivity index (χ2v) is 5.70. The van der Waals surface area contributed by atoms with E-state index in [1.807, 2.05) is 95.6 Å². The lowest BCUT2D eigenvalue weighted by atomic mass is 10.1. The molecule has 3 aromatic carbocycles. The van der Waals surface area contributed by atoms with E-state index in [-0.39, 0.29) is 5.78 Å². The molecule has 0 radical (unpaired) electrons. The van der Waals surface area contributed by atoms with E-state index < -0.39 is 0 Å². The quantitative estimate of drug-likeness (QED) is 0.507. The first-order valence-electron chi connectivity index (χ1n) is 8.13. The molecule has 1 heterocycles. The van der Waals surface area contributed by atoms with Crippen LogP contribution in [0, 0.1) is 0 Å². The number of hydrogen-bond acceptors (Lipinski definition) is 2. The van der Waals surface area contributed by atoms with Crippen LogP contribution in [-0.4, -0.2) is 15.3 Å². The molecule has 0 aliphatic carbocycles. The van der Waals surface area contributed by atoms with Crippen LogP contribution in [0.1, 0.15) is 16.2 Å². The number of imidazole rings is 1. The van der Waals surface area contributed by atoms with Crippen molar-refractivity contribution in [3.63, 3.8) is 0 Å². The highest BCUT2D eigenvalue weighted by Gasteiger charge is 2.20. The molecule has 0 saturated heterocycles. The van der Waals surface area contributed by atoms with Crippen molar-refractivity contribution in [1.29, 1.82) is 0 Å². The summed E-state index contributed by atoms with van der Waals surface area (Å²) in [5.41, 5.74) is 3.46. The molecule has 4 rings (SSSR count). The van der Waals surface area contributed by atoms with Crippen LogP contribution in [0.2, 0.25) is 0 Å². The zero-order valence-corrected chi connectivity index (χ0v) is 13.5. The van der Waals surface area contributed by atoms with Crippen molar-refractivity contribution < 1.29 is 4.79 Å². The van der Waals surface area contributed by atoms with E-state index in [1.165, 1.54) is 0 Å². The first-order chi connectivity index (χ1) is 12.3. The van der Waals surface area contributed by atoms with Crippen molar-refractivity contribution in [1.82, 2.24) is 9.55 Å². The fourth-order valence-corrected chi connectivity index (χ4v) is 2.88. The van der Waals surface area contributed by atoms with Crippen LogP contribution in [-0.2, 0) is 0 Å². The summed E-state index contributed by atoms with van der Waals surface area (Å²) in [6.07, 6.45) is 1.76. The third-order valence-corrected chi connectivity index (χ3v) is 4.08. The molecule has 0 fully saturated rings. The smallest absolute Gasteiger partial charge is 0.228 e. The topological polar surface area (TPSA) is 34.9 Å². The molecule has 4 aromatic rings. The average molecular weight is 324 g/mol. The lowest BCUT2D eigenvalue weighted by molar-refractivity contribution is 0.102. The maximum atomic E-state index is 13.0. The summed E-state index contributed by atoms with van der Waals surface area (Å²) < 4.78 is 1.92. The predicted octanol–water partition coefficient (Wildman–Crippen LogP) is 4.77. The summed E-state index contributed by atoms with van der Waals surface area (Å²) in [6.45, 7) is 0. The van der Waals surface area contributed by atoms with Crippen molar-refractivity contribution in [2.45, 2.75) is 0 Å². The van der Waals surface area contributed by atoms with Crippen LogP contribution < -0.4 is 0 Å². The van der Waals surface area contributed by atoms with Gasteiger partial charge in [-0.2, -0.15) is 0 Å². The van der Waals surface area contributed by atoms with Gasteiger partial charge in [0.25, 0.3) is 0 Å². The number of nitrogens with zero attached hydrogens (tertiary/aromatic N) is 2. The molecular formula is C22H16N2O. The summed E-state index contributed by atoms with van der Waals surface area (Å²) in [5, 5.41) is 0. The van der Waals surface area contributed by atoms with Crippen molar-refractivity contribution in [2.24, 2.45) is 0 Å². The molecule has 0 aliphatic rings. The Morgan fingerprint density at radius 2 is 1.28 bits per heavy atom. The van der Waals surface area contributed by atoms with E-state index in [1.54, 1.807) is 6.20 Å². The van der Waals surface area contributed by atoms with Gasteiger partial charge in [-0.15, -0.1) is 0 Å². The Morgan fingerprint density at radius 3 is 1.92 bits per heavy atom. The maximum absolute atomic E-state index is 13.0. The highest BCUT2D eigenvalue weighted by atomic mass is 16.1. The van der Waals surface area contributed by atoms with Crippen molar-refractivity contribution in [3.05, 3.63) is 109 Å². The number of aromatic nitrogens is 2. The highest BCUT2D eigenvalue weighted by Crippen LogP contribution is 2.26. The highest BCUT2D eigenvalue weighted by molar-refractivity contribution is 6.07. The fourth-order valence-electron chi connectivity index (χ4n) is 2.88. The number of rotatable bonds is 4. The summed E-state index contributed by atoms with van der Waals surface area (Å²) in [5.74, 6) is 0.322. The number of para-hydroxylation sites is 1. The van der Waals surface area contributed by atoms with E-state index in [4.69, 9.17) is 0 Å². The van der Waals surface area contributed by atoms with Crippen LogP contribution >= 0.6 is 0 Å². The van der Waals surface area contributed by atoms with Crippen molar-refractivity contribution in [3.8, 4) is 16.9 Å². The minimum atomic E-state index is -0.0911. The van der Waals surface area contributed by atoms with E-state index in [2.05, 4.69) is 4.98 Å². The zero-order valence-electron chi connectivity index (χ0n) is 13.5. The third kappa shape index (κ3) is 2.88. The molecule has 0 spiro atoms. The van der Waals surface area contributed by atoms with E-state index >= 15 is 0 Å². The molecule has 0 bridgehead atoms. The molecule has 0 amide bonds. The van der Waals surface area contributed by atoms with Crippen LogP contribution in [0.25, 0.3) is 16.9 Å². The monoisotopic (exact) mass is 324 g/mol. The van der Waals surface area contributed by atoms with Gasteiger partial charge < -0.3 is 0 Å². The average Bonchev–Trinajstić information content (AvgIpc) is 3.14. The molecular weight excluding hydrogens is 308 g/mol. The molecule has 0 aliphatic heterocycles. The zero-order chi connectivity index (χ0) is 17.1. The lowest BCUT2D eigenvalue weighted by Crippen LogP contribution is -2.11. The van der Waals surface area contributed by atoms with Gasteiger partial charge in [-0.25, -0.2) is 4.98 Å². The fraction of sp³-hybridized carbons (Fsp3) is 0. The van der Waals surface area contributed by atoms with E-state index in [0.717, 1.165) is 16.9 Å². The van der Waals surface area contributed by atoms with Gasteiger partial charge >= 0.3 is 0 Å². The summed E-state index contributed by atoms with van der Waals surface area (Å²) >= 11 is 0. The van der Waals surface area contributed by atoms with Crippen molar-refractivity contribution >= 4 is 5.78 Å². The molecule has 1 aromatic heterocycles. The van der Waals surface area contributed by atoms with Gasteiger partial charge in [0.1, 0.15) is 0 Å². The summed E-state index contributed by atoms with van der Waals surface area (Å²) in [4.78, 5) is 17.5. The van der Waals surface area contributed by atoms with Gasteiger partial charge in [0, 0.05) is 16.8 Å². The lowest BCUT2D eigenvalue weighted by Gasteiger charge is -2.12. The standard InChI is InChI=1S/C22H16N2O/c25-21(18-12-6-2-7-13-18)22-23-16-20(17-10-4-1-5-11-17)24(22)19-14-8-3-9-15-19/h1-16H. The first-order valence-corrected chi connectivity index (χ1v) is 8.13. The van der Waals surface area contributed by atoms with Crippen molar-refractivity contribution in [2.75, 3.05) is 0 Å². The minimum Gasteiger partial charge on any atom is -0.290 e. The number of carbonyl (C=O) groups excluding carboxylic acids is 1. The Labute approximate surface area is 146 Å². The Balaban J connectivity index is 1.91. The third-order valence-electron chi connectivity index (χ3n) is 4.08. The molecule has 3 nitrogen and oxygen atoms in total. The minimum absolute atomic E-state index is 0.0911. The van der Waals surface area contributed by atoms with Crippen LogP contribution in [0.5, 0.6) is 0 Å². The van der Waals surface area contributed by atoms with Gasteiger partial charge in [-0.3, -0.25) is 9.36 Å². The Kier molecular flexibility index (Phi) is 3.97. The van der Waals surface area contributed by atoms with E-state index in [9.17, 15) is 4.79 Å². The van der Waals surface area contributed by atoms with Gasteiger partial charge in [-0.1, -0.05) is 78.9 Å². The molecule has 3 heteroatoms. The Bertz CT molecular complexity index is 990.